The van der Waals surface area contributed by atoms with Crippen molar-refractivity contribution in [3.8, 4) is 11.8 Å². The molecule has 0 saturated heterocycles. The van der Waals surface area contributed by atoms with Crippen LogP contribution in [0.25, 0.3) is 0 Å². The van der Waals surface area contributed by atoms with Crippen molar-refractivity contribution in [3.63, 3.8) is 0 Å². The van der Waals surface area contributed by atoms with Crippen LogP contribution >= 0.6 is 0 Å². The van der Waals surface area contributed by atoms with E-state index >= 15 is 0 Å². The molecule has 0 aromatic heterocycles. The van der Waals surface area contributed by atoms with Gasteiger partial charge >= 0.3 is 0 Å². The molecular formula is C19H28N2O2. The van der Waals surface area contributed by atoms with Crippen molar-refractivity contribution in [3.05, 3.63) is 29.8 Å². The van der Waals surface area contributed by atoms with Gasteiger partial charge in [0.1, 0.15) is 11.8 Å². The highest BCUT2D eigenvalue weighted by molar-refractivity contribution is 5.27. The third-order valence-corrected chi connectivity index (χ3v) is 4.39. The number of aliphatic hydroxyl groups excluding tert-OH is 1. The molecule has 0 heterocycles. The summed E-state index contributed by atoms with van der Waals surface area (Å²) in [5, 5.41) is 18.6. The standard InChI is InChI=1S/C19H28N2O2/c1-15(22)13-21(18-6-4-3-5-7-18)14-17-8-10-19(11-9-17)23-16(2)12-20/h8-11,15-16,18,22H,3-7,13-14H2,1-2H3. The van der Waals surface area contributed by atoms with E-state index in [9.17, 15) is 5.11 Å². The zero-order valence-electron chi connectivity index (χ0n) is 14.2. The second-order valence-electron chi connectivity index (χ2n) is 6.60. The normalized spacial score (nSPS) is 18.4. The fourth-order valence-corrected chi connectivity index (χ4v) is 3.27. The average molecular weight is 316 g/mol. The Morgan fingerprint density at radius 2 is 1.87 bits per heavy atom. The van der Waals surface area contributed by atoms with Crippen LogP contribution < -0.4 is 4.74 Å². The summed E-state index contributed by atoms with van der Waals surface area (Å²) in [6, 6.07) is 10.6. The molecule has 0 amide bonds. The summed E-state index contributed by atoms with van der Waals surface area (Å²) in [4.78, 5) is 2.41. The van der Waals surface area contributed by atoms with Crippen LogP contribution in [-0.4, -0.2) is 34.8 Å². The molecule has 4 heteroatoms. The number of nitriles is 1. The molecule has 1 aliphatic rings. The Morgan fingerprint density at radius 1 is 1.22 bits per heavy atom. The van der Waals surface area contributed by atoms with E-state index in [1.54, 1.807) is 6.92 Å². The van der Waals surface area contributed by atoms with Crippen molar-refractivity contribution < 1.29 is 9.84 Å². The van der Waals surface area contributed by atoms with Gasteiger partial charge in [-0.3, -0.25) is 4.90 Å². The van der Waals surface area contributed by atoms with Crippen molar-refractivity contribution in [1.82, 2.24) is 4.90 Å². The first-order valence-electron chi connectivity index (χ1n) is 8.66. The van der Waals surface area contributed by atoms with Gasteiger partial charge in [-0.2, -0.15) is 5.26 Å². The van der Waals surface area contributed by atoms with E-state index < -0.39 is 6.10 Å². The van der Waals surface area contributed by atoms with Gasteiger partial charge in [-0.05, 0) is 44.4 Å². The van der Waals surface area contributed by atoms with Gasteiger partial charge in [0.2, 0.25) is 0 Å². The molecule has 1 aliphatic carbocycles. The quantitative estimate of drug-likeness (QED) is 0.836. The minimum absolute atomic E-state index is 0.309. The van der Waals surface area contributed by atoms with Crippen molar-refractivity contribution in [1.29, 1.82) is 5.26 Å². The Hall–Kier alpha value is -1.57. The summed E-state index contributed by atoms with van der Waals surface area (Å²) in [6.45, 7) is 5.16. The third kappa shape index (κ3) is 5.85. The summed E-state index contributed by atoms with van der Waals surface area (Å²) in [7, 11) is 0. The lowest BCUT2D eigenvalue weighted by Gasteiger charge is -2.35. The first kappa shape index (κ1) is 17.8. The highest BCUT2D eigenvalue weighted by Crippen LogP contribution is 2.25. The molecule has 1 N–H and O–H groups in total. The number of aliphatic hydroxyl groups is 1. The topological polar surface area (TPSA) is 56.5 Å². The second kappa shape index (κ2) is 8.90. The largest absolute Gasteiger partial charge is 0.476 e. The van der Waals surface area contributed by atoms with Gasteiger partial charge < -0.3 is 9.84 Å². The SMILES string of the molecule is CC(O)CN(Cc1ccc(OC(C)C#N)cc1)C1CCCCC1. The highest BCUT2D eigenvalue weighted by Gasteiger charge is 2.22. The van der Waals surface area contributed by atoms with Gasteiger partial charge in [-0.1, -0.05) is 31.4 Å². The zero-order chi connectivity index (χ0) is 16.7. The van der Waals surface area contributed by atoms with Crippen molar-refractivity contribution in [2.45, 2.75) is 70.7 Å². The van der Waals surface area contributed by atoms with Crippen LogP contribution in [0, 0.1) is 11.3 Å². The van der Waals surface area contributed by atoms with Crippen molar-refractivity contribution >= 4 is 0 Å². The average Bonchev–Trinajstić information content (AvgIpc) is 2.56. The Morgan fingerprint density at radius 3 is 2.43 bits per heavy atom. The first-order valence-corrected chi connectivity index (χ1v) is 8.66. The number of rotatable bonds is 7. The maximum absolute atomic E-state index is 9.81. The van der Waals surface area contributed by atoms with Crippen molar-refractivity contribution in [2.24, 2.45) is 0 Å². The fourth-order valence-electron chi connectivity index (χ4n) is 3.27. The lowest BCUT2D eigenvalue weighted by Crippen LogP contribution is -2.40. The second-order valence-corrected chi connectivity index (χ2v) is 6.60. The maximum Gasteiger partial charge on any atom is 0.181 e. The molecule has 1 aromatic rings. The summed E-state index contributed by atoms with van der Waals surface area (Å²) in [6.07, 6.45) is 5.63. The van der Waals surface area contributed by atoms with Crippen LogP contribution in [0.5, 0.6) is 5.75 Å². The lowest BCUT2D eigenvalue weighted by atomic mass is 9.93. The van der Waals surface area contributed by atoms with E-state index in [4.69, 9.17) is 10.00 Å². The van der Waals surface area contributed by atoms with E-state index in [0.29, 0.717) is 12.6 Å². The van der Waals surface area contributed by atoms with Crippen LogP contribution in [0.2, 0.25) is 0 Å². The summed E-state index contributed by atoms with van der Waals surface area (Å²) in [5.41, 5.74) is 1.22. The minimum atomic E-state index is -0.435. The molecule has 0 spiro atoms. The molecule has 2 atom stereocenters. The van der Waals surface area contributed by atoms with E-state index in [2.05, 4.69) is 23.1 Å². The molecule has 2 unspecified atom stereocenters. The predicted molar refractivity (Wildman–Crippen MR) is 91.1 cm³/mol. The number of benzene rings is 1. The van der Waals surface area contributed by atoms with Gasteiger partial charge in [-0.25, -0.2) is 0 Å². The third-order valence-electron chi connectivity index (χ3n) is 4.39. The van der Waals surface area contributed by atoms with Gasteiger partial charge in [0.15, 0.2) is 6.10 Å². The molecule has 126 valence electrons. The van der Waals surface area contributed by atoms with Crippen LogP contribution in [0.15, 0.2) is 24.3 Å². The smallest absolute Gasteiger partial charge is 0.181 e. The van der Waals surface area contributed by atoms with Gasteiger partial charge in [0.25, 0.3) is 0 Å². The fraction of sp³-hybridized carbons (Fsp3) is 0.632. The summed E-state index contributed by atoms with van der Waals surface area (Å²) < 4.78 is 5.49. The van der Waals surface area contributed by atoms with E-state index in [1.165, 1.54) is 37.7 Å². The Labute approximate surface area is 139 Å². The van der Waals surface area contributed by atoms with E-state index in [0.717, 1.165) is 12.3 Å². The number of ether oxygens (including phenoxy) is 1. The zero-order valence-corrected chi connectivity index (χ0v) is 14.2. The molecule has 2 rings (SSSR count). The molecule has 0 bridgehead atoms. The van der Waals surface area contributed by atoms with E-state index in [-0.39, 0.29) is 6.10 Å². The van der Waals surface area contributed by atoms with Crippen LogP contribution in [-0.2, 0) is 6.54 Å². The monoisotopic (exact) mass is 316 g/mol. The van der Waals surface area contributed by atoms with E-state index in [1.807, 2.05) is 19.1 Å². The Kier molecular flexibility index (Phi) is 6.88. The summed E-state index contributed by atoms with van der Waals surface area (Å²) in [5.74, 6) is 0.725. The maximum atomic E-state index is 9.81. The number of hydrogen-bond acceptors (Lipinski definition) is 4. The Balaban J connectivity index is 1.99. The van der Waals surface area contributed by atoms with Gasteiger partial charge in [0.05, 0.1) is 6.10 Å². The molecule has 4 nitrogen and oxygen atoms in total. The minimum Gasteiger partial charge on any atom is -0.476 e. The number of hydrogen-bond donors (Lipinski definition) is 1. The van der Waals surface area contributed by atoms with Crippen LogP contribution in [0.1, 0.15) is 51.5 Å². The molecule has 1 fully saturated rings. The predicted octanol–water partition coefficient (Wildman–Crippen LogP) is 3.49. The number of nitrogens with zero attached hydrogens (tertiary/aromatic N) is 2. The van der Waals surface area contributed by atoms with Crippen molar-refractivity contribution in [2.75, 3.05) is 6.54 Å². The molecule has 23 heavy (non-hydrogen) atoms. The van der Waals surface area contributed by atoms with Crippen LogP contribution in [0.4, 0.5) is 0 Å². The molecule has 1 saturated carbocycles. The molecule has 0 radical (unpaired) electrons. The van der Waals surface area contributed by atoms with Gasteiger partial charge in [0, 0.05) is 19.1 Å². The van der Waals surface area contributed by atoms with Crippen LogP contribution in [0.3, 0.4) is 0 Å². The lowest BCUT2D eigenvalue weighted by molar-refractivity contribution is 0.0769. The molecule has 1 aromatic carbocycles. The molecule has 0 aliphatic heterocycles. The first-order chi connectivity index (χ1) is 11.1. The van der Waals surface area contributed by atoms with Gasteiger partial charge in [-0.15, -0.1) is 0 Å². The summed E-state index contributed by atoms with van der Waals surface area (Å²) >= 11 is 0. The molecular weight excluding hydrogens is 288 g/mol. The Bertz CT molecular complexity index is 501. The highest BCUT2D eigenvalue weighted by atomic mass is 16.5.